The summed E-state index contributed by atoms with van der Waals surface area (Å²) in [5, 5.41) is 7.00. The second-order valence-corrected chi connectivity index (χ2v) is 8.50. The van der Waals surface area contributed by atoms with Gasteiger partial charge in [-0.15, -0.1) is 0 Å². The molecule has 0 rings (SSSR count). The topological polar surface area (TPSA) is 28.2 Å². The summed E-state index contributed by atoms with van der Waals surface area (Å²) in [7, 11) is 7.00. The molecule has 0 heterocycles. The Morgan fingerprint density at radius 2 is 0.824 bits per heavy atom. The number of hydrogen-bond donors (Lipinski definition) is 0. The van der Waals surface area contributed by atoms with Gasteiger partial charge in [0.1, 0.15) is 0 Å². The van der Waals surface area contributed by atoms with Crippen LogP contribution in [0.15, 0.2) is 0 Å². The van der Waals surface area contributed by atoms with E-state index in [1.165, 1.54) is 9.45 Å². The minimum absolute atomic E-state index is 0.319. The van der Waals surface area contributed by atoms with Crippen molar-refractivity contribution >= 4 is 0 Å². The molecular formula is C14H34N2Ti. The van der Waals surface area contributed by atoms with Gasteiger partial charge in [0.05, 0.1) is 0 Å². The van der Waals surface area contributed by atoms with Gasteiger partial charge in [0.15, 0.2) is 0 Å². The molecule has 2 nitrogen and oxygen atoms in total. The zero-order valence-electron chi connectivity index (χ0n) is 13.8. The normalized spacial score (nSPS) is 10.5. The van der Waals surface area contributed by atoms with E-state index in [1.54, 1.807) is 28.2 Å². The van der Waals surface area contributed by atoms with E-state index in [-0.39, 0.29) is 0 Å². The smallest absolute Gasteiger partial charge is 0.162 e. The fourth-order valence-corrected chi connectivity index (χ4v) is 3.35. The molecule has 0 amide bonds. The molecule has 104 valence electrons. The van der Waals surface area contributed by atoms with Crippen LogP contribution in [0, 0.1) is 10.8 Å². The average Bonchev–Trinajstić information content (AvgIpc) is 2.01. The van der Waals surface area contributed by atoms with Gasteiger partial charge < -0.3 is 10.6 Å². The molecule has 0 aromatic rings. The quantitative estimate of drug-likeness (QED) is 0.618. The molecule has 0 saturated carbocycles. The van der Waals surface area contributed by atoms with Crippen molar-refractivity contribution in [1.29, 1.82) is 0 Å². The minimum atomic E-state index is 0.319. The van der Waals surface area contributed by atoms with E-state index in [0.717, 1.165) is 0 Å². The van der Waals surface area contributed by atoms with Crippen LogP contribution < -0.4 is 0 Å². The first-order chi connectivity index (χ1) is 7.54. The van der Waals surface area contributed by atoms with Crippen LogP contribution in [0.2, 0.25) is 9.45 Å². The first-order valence-electron chi connectivity index (χ1n) is 6.20. The van der Waals surface area contributed by atoms with Crippen molar-refractivity contribution in [3.05, 3.63) is 10.6 Å². The number of hydrogen-bond acceptors (Lipinski definition) is 0. The van der Waals surface area contributed by atoms with Crippen LogP contribution in [0.4, 0.5) is 0 Å². The van der Waals surface area contributed by atoms with Crippen LogP contribution >= 0.6 is 0 Å². The van der Waals surface area contributed by atoms with Gasteiger partial charge >= 0.3 is 81.0 Å². The van der Waals surface area contributed by atoms with Crippen molar-refractivity contribution in [2.24, 2.45) is 10.8 Å². The Labute approximate surface area is 120 Å². The second kappa shape index (κ2) is 13.1. The van der Waals surface area contributed by atoms with E-state index < -0.39 is 0 Å². The Kier molecular flexibility index (Phi) is 17.5. The molecule has 0 radical (unpaired) electrons. The summed E-state index contributed by atoms with van der Waals surface area (Å²) < 4.78 is 2.95. The maximum absolute atomic E-state index is 3.50. The van der Waals surface area contributed by atoms with Gasteiger partial charge in [-0.1, -0.05) is 0 Å². The largest absolute Gasteiger partial charge is 0.668 e. The molecule has 0 saturated heterocycles. The summed E-state index contributed by atoms with van der Waals surface area (Å²) in [4.78, 5) is 0. The minimum Gasteiger partial charge on any atom is -0.668 e. The summed E-state index contributed by atoms with van der Waals surface area (Å²) >= 11 is 0.319. The van der Waals surface area contributed by atoms with Gasteiger partial charge in [-0.3, -0.25) is 0 Å². The Hall–Kier alpha value is 0.634. The van der Waals surface area contributed by atoms with Crippen molar-refractivity contribution in [3.8, 4) is 0 Å². The van der Waals surface area contributed by atoms with E-state index in [9.17, 15) is 0 Å². The Morgan fingerprint density at radius 3 is 0.941 bits per heavy atom. The fourth-order valence-electron chi connectivity index (χ4n) is 0.812. The summed E-state index contributed by atoms with van der Waals surface area (Å²) in [6, 6.07) is 0. The molecule has 0 bridgehead atoms. The van der Waals surface area contributed by atoms with Crippen molar-refractivity contribution in [1.82, 2.24) is 0 Å². The summed E-state index contributed by atoms with van der Waals surface area (Å²) in [6.07, 6.45) is 0. The summed E-state index contributed by atoms with van der Waals surface area (Å²) in [6.45, 7) is 14.1. The monoisotopic (exact) mass is 278 g/mol. The van der Waals surface area contributed by atoms with E-state index in [4.69, 9.17) is 0 Å². The van der Waals surface area contributed by atoms with Gasteiger partial charge in [-0.2, -0.15) is 28.2 Å². The SMILES string of the molecule is CC(C)(C)[CH2][Ti+2][CH2]C(C)(C)C.C[N-]C.C[N-]C. The predicted octanol–water partition coefficient (Wildman–Crippen LogP) is 5.24. The molecule has 0 aromatic heterocycles. The second-order valence-electron chi connectivity index (χ2n) is 6.62. The Morgan fingerprint density at radius 1 is 0.647 bits per heavy atom. The third kappa shape index (κ3) is 47.8. The molecule has 0 spiro atoms. The third-order valence-electron chi connectivity index (χ3n) is 1.31. The van der Waals surface area contributed by atoms with Gasteiger partial charge in [-0.25, -0.2) is 0 Å². The van der Waals surface area contributed by atoms with Crippen LogP contribution in [0.3, 0.4) is 0 Å². The zero-order chi connectivity index (χ0) is 14.5. The number of rotatable bonds is 2. The van der Waals surface area contributed by atoms with Crippen LogP contribution in [0.25, 0.3) is 10.6 Å². The van der Waals surface area contributed by atoms with Gasteiger partial charge in [0.2, 0.25) is 0 Å². The zero-order valence-corrected chi connectivity index (χ0v) is 15.4. The molecule has 0 N–H and O–H groups in total. The molecule has 0 aliphatic carbocycles. The Bertz CT molecular complexity index is 118. The summed E-state index contributed by atoms with van der Waals surface area (Å²) in [5.41, 5.74) is 1.15. The van der Waals surface area contributed by atoms with Crippen molar-refractivity contribution in [2.45, 2.75) is 51.0 Å². The Balaban J connectivity index is -0.000000273. The fraction of sp³-hybridized carbons (Fsp3) is 1.00. The first kappa shape index (κ1) is 22.8. The van der Waals surface area contributed by atoms with Crippen molar-refractivity contribution < 1.29 is 19.2 Å². The molecule has 0 aliphatic rings. The molecule has 17 heavy (non-hydrogen) atoms. The summed E-state index contributed by atoms with van der Waals surface area (Å²) in [5.74, 6) is 0. The molecule has 0 unspecified atom stereocenters. The van der Waals surface area contributed by atoms with Crippen LogP contribution in [0.5, 0.6) is 0 Å². The maximum Gasteiger partial charge on any atom is -0.162 e. The van der Waals surface area contributed by atoms with E-state index >= 15 is 0 Å². The molecular weight excluding hydrogens is 244 g/mol. The molecule has 0 fully saturated rings. The number of nitrogens with zero attached hydrogens (tertiary/aromatic N) is 2. The van der Waals surface area contributed by atoms with Crippen LogP contribution in [-0.2, 0) is 19.2 Å². The standard InChI is InChI=1S/2C5H11.2C2H6N.Ti/c2*1-5(2,3)4;2*1-3-2;/h2*1H2,2-4H3;2*1-2H3;/q;;2*-1;+2. The first-order valence-corrected chi connectivity index (χ1v) is 8.41. The van der Waals surface area contributed by atoms with E-state index in [1.807, 2.05) is 0 Å². The van der Waals surface area contributed by atoms with Gasteiger partial charge in [0.25, 0.3) is 0 Å². The van der Waals surface area contributed by atoms with Gasteiger partial charge in [-0.05, 0) is 0 Å². The molecule has 0 aliphatic heterocycles. The van der Waals surface area contributed by atoms with Crippen molar-refractivity contribution in [3.63, 3.8) is 0 Å². The average molecular weight is 278 g/mol. The maximum atomic E-state index is 3.50. The molecule has 0 atom stereocenters. The molecule has 0 aromatic carbocycles. The predicted molar refractivity (Wildman–Crippen MR) is 78.9 cm³/mol. The van der Waals surface area contributed by atoms with Crippen LogP contribution in [-0.4, -0.2) is 28.2 Å². The van der Waals surface area contributed by atoms with E-state index in [0.29, 0.717) is 30.0 Å². The van der Waals surface area contributed by atoms with Crippen molar-refractivity contribution in [2.75, 3.05) is 28.2 Å². The third-order valence-corrected chi connectivity index (χ3v) is 5.40. The van der Waals surface area contributed by atoms with E-state index in [2.05, 4.69) is 52.2 Å². The molecule has 3 heteroatoms. The van der Waals surface area contributed by atoms with Crippen LogP contribution in [0.1, 0.15) is 41.5 Å². The van der Waals surface area contributed by atoms with Gasteiger partial charge in [0, 0.05) is 0 Å².